The molecule has 0 saturated carbocycles. The van der Waals surface area contributed by atoms with Crippen LogP contribution in [0.25, 0.3) is 0 Å². The van der Waals surface area contributed by atoms with E-state index in [1.54, 1.807) is 6.92 Å². The first-order chi connectivity index (χ1) is 9.63. The summed E-state index contributed by atoms with van der Waals surface area (Å²) in [4.78, 5) is 25.4. The van der Waals surface area contributed by atoms with Crippen LogP contribution in [-0.4, -0.2) is 33.8 Å². The monoisotopic (exact) mass is 289 g/mol. The van der Waals surface area contributed by atoms with Crippen molar-refractivity contribution in [2.45, 2.75) is 43.9 Å². The van der Waals surface area contributed by atoms with Gasteiger partial charge in [0, 0.05) is 31.2 Å². The number of fused-ring (bicyclic) bond motifs is 1. The molecule has 1 aromatic carbocycles. The highest BCUT2D eigenvalue weighted by molar-refractivity contribution is 8.14. The molecule has 0 bridgehead atoms. The van der Waals surface area contributed by atoms with Gasteiger partial charge in [0.15, 0.2) is 5.12 Å². The SMILES string of the molecule is CC(=O)SC1CC(=O)N(C2CCc3ccccc3C2)C1. The molecule has 0 aromatic heterocycles. The van der Waals surface area contributed by atoms with E-state index in [-0.39, 0.29) is 16.3 Å². The maximum absolute atomic E-state index is 12.2. The van der Waals surface area contributed by atoms with Gasteiger partial charge in [-0.2, -0.15) is 0 Å². The second-order valence-corrected chi connectivity index (χ2v) is 7.12. The first-order valence-corrected chi connectivity index (χ1v) is 8.05. The minimum Gasteiger partial charge on any atom is -0.338 e. The van der Waals surface area contributed by atoms with Crippen molar-refractivity contribution < 1.29 is 9.59 Å². The fraction of sp³-hybridized carbons (Fsp3) is 0.500. The number of benzene rings is 1. The smallest absolute Gasteiger partial charge is 0.224 e. The maximum atomic E-state index is 12.2. The van der Waals surface area contributed by atoms with Gasteiger partial charge >= 0.3 is 0 Å². The lowest BCUT2D eigenvalue weighted by molar-refractivity contribution is -0.129. The van der Waals surface area contributed by atoms with Crippen LogP contribution < -0.4 is 0 Å². The van der Waals surface area contributed by atoms with Crippen LogP contribution in [0.1, 0.15) is 30.9 Å². The highest BCUT2D eigenvalue weighted by Crippen LogP contribution is 2.31. The van der Waals surface area contributed by atoms with Gasteiger partial charge in [0.2, 0.25) is 5.91 Å². The number of aryl methyl sites for hydroxylation is 1. The molecular formula is C16H19NO2S. The predicted octanol–water partition coefficient (Wildman–Crippen LogP) is 2.42. The molecule has 0 radical (unpaired) electrons. The summed E-state index contributed by atoms with van der Waals surface area (Å²) >= 11 is 1.32. The molecule has 0 spiro atoms. The Morgan fingerprint density at radius 1 is 1.25 bits per heavy atom. The summed E-state index contributed by atoms with van der Waals surface area (Å²) in [5.41, 5.74) is 2.80. The van der Waals surface area contributed by atoms with Crippen molar-refractivity contribution >= 4 is 22.8 Å². The number of nitrogens with zero attached hydrogens (tertiary/aromatic N) is 1. The van der Waals surface area contributed by atoms with Crippen molar-refractivity contribution in [2.24, 2.45) is 0 Å². The highest BCUT2D eigenvalue weighted by Gasteiger charge is 2.36. The van der Waals surface area contributed by atoms with Crippen molar-refractivity contribution in [3.05, 3.63) is 35.4 Å². The summed E-state index contributed by atoms with van der Waals surface area (Å²) in [6.07, 6.45) is 3.57. The molecule has 20 heavy (non-hydrogen) atoms. The number of thioether (sulfide) groups is 1. The van der Waals surface area contributed by atoms with Gasteiger partial charge in [0.25, 0.3) is 0 Å². The molecule has 1 aliphatic carbocycles. The maximum Gasteiger partial charge on any atom is 0.224 e. The van der Waals surface area contributed by atoms with E-state index in [1.807, 2.05) is 4.90 Å². The molecule has 1 aliphatic heterocycles. The fourth-order valence-electron chi connectivity index (χ4n) is 3.31. The van der Waals surface area contributed by atoms with E-state index < -0.39 is 0 Å². The average molecular weight is 289 g/mol. The van der Waals surface area contributed by atoms with Crippen LogP contribution in [0.4, 0.5) is 0 Å². The molecule has 4 heteroatoms. The van der Waals surface area contributed by atoms with E-state index in [0.717, 1.165) is 25.8 Å². The third kappa shape index (κ3) is 2.75. The van der Waals surface area contributed by atoms with Gasteiger partial charge in [0.1, 0.15) is 0 Å². The van der Waals surface area contributed by atoms with Crippen molar-refractivity contribution in [3.63, 3.8) is 0 Å². The van der Waals surface area contributed by atoms with Gasteiger partial charge in [-0.05, 0) is 30.4 Å². The predicted molar refractivity (Wildman–Crippen MR) is 80.6 cm³/mol. The van der Waals surface area contributed by atoms with E-state index in [2.05, 4.69) is 24.3 Å². The molecule has 0 N–H and O–H groups in total. The molecule has 1 amide bonds. The fourth-order valence-corrected chi connectivity index (χ4v) is 4.24. The van der Waals surface area contributed by atoms with Crippen molar-refractivity contribution in [1.29, 1.82) is 0 Å². The van der Waals surface area contributed by atoms with Crippen molar-refractivity contribution in [2.75, 3.05) is 6.54 Å². The van der Waals surface area contributed by atoms with Crippen LogP contribution in [-0.2, 0) is 22.4 Å². The number of amides is 1. The summed E-state index contributed by atoms with van der Waals surface area (Å²) in [5.74, 6) is 0.216. The Labute approximate surface area is 123 Å². The summed E-state index contributed by atoms with van der Waals surface area (Å²) in [6, 6.07) is 8.83. The molecule has 2 atom stereocenters. The van der Waals surface area contributed by atoms with Crippen LogP contribution in [0.5, 0.6) is 0 Å². The zero-order valence-electron chi connectivity index (χ0n) is 11.7. The lowest BCUT2D eigenvalue weighted by atomic mass is 9.87. The molecule has 1 fully saturated rings. The Bertz CT molecular complexity index is 543. The summed E-state index contributed by atoms with van der Waals surface area (Å²) in [7, 11) is 0. The highest BCUT2D eigenvalue weighted by atomic mass is 32.2. The van der Waals surface area contributed by atoms with Crippen molar-refractivity contribution in [1.82, 2.24) is 4.90 Å². The first kappa shape index (κ1) is 13.7. The number of carbonyl (C=O) groups is 2. The minimum atomic E-state index is 0.110. The third-order valence-corrected chi connectivity index (χ3v) is 5.20. The lowest BCUT2D eigenvalue weighted by Gasteiger charge is -2.32. The van der Waals surface area contributed by atoms with Gasteiger partial charge in [0.05, 0.1) is 0 Å². The average Bonchev–Trinajstić information content (AvgIpc) is 2.78. The van der Waals surface area contributed by atoms with E-state index in [9.17, 15) is 9.59 Å². The summed E-state index contributed by atoms with van der Waals surface area (Å²) < 4.78 is 0. The van der Waals surface area contributed by atoms with E-state index in [0.29, 0.717) is 12.5 Å². The van der Waals surface area contributed by atoms with Crippen molar-refractivity contribution in [3.8, 4) is 0 Å². The number of hydrogen-bond donors (Lipinski definition) is 0. The van der Waals surface area contributed by atoms with E-state index >= 15 is 0 Å². The Morgan fingerprint density at radius 2 is 2.00 bits per heavy atom. The molecule has 1 saturated heterocycles. The van der Waals surface area contributed by atoms with Crippen LogP contribution in [0.15, 0.2) is 24.3 Å². The van der Waals surface area contributed by atoms with Crippen LogP contribution >= 0.6 is 11.8 Å². The number of hydrogen-bond acceptors (Lipinski definition) is 3. The van der Waals surface area contributed by atoms with Gasteiger partial charge in [-0.25, -0.2) is 0 Å². The Morgan fingerprint density at radius 3 is 2.75 bits per heavy atom. The minimum absolute atomic E-state index is 0.110. The molecule has 1 heterocycles. The van der Waals surface area contributed by atoms with Gasteiger partial charge < -0.3 is 4.90 Å². The second kappa shape index (κ2) is 5.60. The van der Waals surface area contributed by atoms with Crippen LogP contribution in [0.2, 0.25) is 0 Å². The molecular weight excluding hydrogens is 270 g/mol. The van der Waals surface area contributed by atoms with Gasteiger partial charge in [-0.1, -0.05) is 36.0 Å². The Kier molecular flexibility index (Phi) is 3.83. The van der Waals surface area contributed by atoms with E-state index in [1.165, 1.54) is 22.9 Å². The zero-order chi connectivity index (χ0) is 14.1. The van der Waals surface area contributed by atoms with Crippen LogP contribution in [0, 0.1) is 0 Å². The molecule has 2 aliphatic rings. The standard InChI is InChI=1S/C16H19NO2S/c1-11(18)20-15-9-16(19)17(10-15)14-7-6-12-4-2-3-5-13(12)8-14/h2-5,14-15H,6-10H2,1H3. The molecule has 2 unspecified atom stereocenters. The molecule has 3 rings (SSSR count). The Balaban J connectivity index is 1.69. The topological polar surface area (TPSA) is 37.4 Å². The number of likely N-dealkylation sites (tertiary alicyclic amines) is 1. The number of rotatable bonds is 2. The molecule has 3 nitrogen and oxygen atoms in total. The third-order valence-electron chi connectivity index (χ3n) is 4.22. The summed E-state index contributed by atoms with van der Waals surface area (Å²) in [6.45, 7) is 2.31. The van der Waals surface area contributed by atoms with Gasteiger partial charge in [-0.15, -0.1) is 0 Å². The normalized spacial score (nSPS) is 25.6. The zero-order valence-corrected chi connectivity index (χ0v) is 12.5. The largest absolute Gasteiger partial charge is 0.338 e. The Hall–Kier alpha value is -1.29. The molecule has 106 valence electrons. The van der Waals surface area contributed by atoms with E-state index in [4.69, 9.17) is 0 Å². The summed E-state index contributed by atoms with van der Waals surface area (Å²) in [5, 5.41) is 0.260. The lowest BCUT2D eigenvalue weighted by Crippen LogP contribution is -2.40. The van der Waals surface area contributed by atoms with Gasteiger partial charge in [-0.3, -0.25) is 9.59 Å². The molecule has 1 aromatic rings. The quantitative estimate of drug-likeness (QED) is 0.839. The first-order valence-electron chi connectivity index (χ1n) is 7.17. The number of carbonyl (C=O) groups excluding carboxylic acids is 2. The second-order valence-electron chi connectivity index (χ2n) is 5.65. The van der Waals surface area contributed by atoms with Crippen LogP contribution in [0.3, 0.4) is 0 Å².